The molecule has 0 saturated carbocycles. The van der Waals surface area contributed by atoms with Crippen molar-refractivity contribution in [2.24, 2.45) is 5.92 Å². The van der Waals surface area contributed by atoms with Gasteiger partial charge in [0.15, 0.2) is 5.82 Å². The molecule has 1 aliphatic heterocycles. The number of hydrogen-bond acceptors (Lipinski definition) is 7. The molecule has 0 unspecified atom stereocenters. The van der Waals surface area contributed by atoms with E-state index in [2.05, 4.69) is 34.2 Å². The van der Waals surface area contributed by atoms with Crippen LogP contribution in [0.5, 0.6) is 0 Å². The van der Waals surface area contributed by atoms with Gasteiger partial charge in [-0.25, -0.2) is 0 Å². The van der Waals surface area contributed by atoms with Gasteiger partial charge in [-0.15, -0.1) is 11.3 Å². The molecular formula is C18H26N4O3S. The summed E-state index contributed by atoms with van der Waals surface area (Å²) in [4.78, 5) is 20.3. The predicted octanol–water partition coefficient (Wildman–Crippen LogP) is 2.55. The topological polar surface area (TPSA) is 80.5 Å². The Kier molecular flexibility index (Phi) is 6.05. The lowest BCUT2D eigenvalue weighted by molar-refractivity contribution is -0.135. The number of rotatable bonds is 6. The molecule has 0 aliphatic carbocycles. The fourth-order valence-electron chi connectivity index (χ4n) is 3.43. The van der Waals surface area contributed by atoms with Crippen molar-refractivity contribution < 1.29 is 14.1 Å². The maximum absolute atomic E-state index is 12.8. The second-order valence-corrected chi connectivity index (χ2v) is 8.06. The van der Waals surface area contributed by atoms with Crippen LogP contribution in [0.15, 0.2) is 22.0 Å². The quantitative estimate of drug-likeness (QED) is 0.832. The molecule has 0 radical (unpaired) electrons. The standard InChI is InChI=1S/C18H26N4O3S/c1-11(2)16(22-9-12(3)24-13(4)10-22)17(23)19-8-15-20-18(25-21-15)14-6-5-7-26-14/h5-7,11-13,16H,8-10H2,1-4H3,(H,19,23)/t12-,13+,16-/m1/s1. The summed E-state index contributed by atoms with van der Waals surface area (Å²) in [6.07, 6.45) is 0.247. The Bertz CT molecular complexity index is 706. The van der Waals surface area contributed by atoms with Crippen molar-refractivity contribution in [1.29, 1.82) is 0 Å². The van der Waals surface area contributed by atoms with Gasteiger partial charge in [-0.3, -0.25) is 9.69 Å². The van der Waals surface area contributed by atoms with E-state index in [-0.39, 0.29) is 36.6 Å². The number of thiophene rings is 1. The molecule has 0 aromatic carbocycles. The summed E-state index contributed by atoms with van der Waals surface area (Å²) in [5.74, 6) is 1.15. The number of amides is 1. The van der Waals surface area contributed by atoms with Crippen molar-refractivity contribution in [2.45, 2.75) is 52.5 Å². The second-order valence-electron chi connectivity index (χ2n) is 7.11. The van der Waals surface area contributed by atoms with Crippen molar-refractivity contribution in [3.05, 3.63) is 23.3 Å². The zero-order chi connectivity index (χ0) is 18.7. The summed E-state index contributed by atoms with van der Waals surface area (Å²) in [6, 6.07) is 3.66. The van der Waals surface area contributed by atoms with Gasteiger partial charge >= 0.3 is 0 Å². The molecule has 0 bridgehead atoms. The summed E-state index contributed by atoms with van der Waals surface area (Å²) in [5, 5.41) is 8.88. The number of ether oxygens (including phenoxy) is 1. The van der Waals surface area contributed by atoms with Gasteiger partial charge in [-0.1, -0.05) is 25.1 Å². The van der Waals surface area contributed by atoms with Gasteiger partial charge in [0, 0.05) is 13.1 Å². The van der Waals surface area contributed by atoms with E-state index in [1.165, 1.54) is 11.3 Å². The monoisotopic (exact) mass is 378 g/mol. The van der Waals surface area contributed by atoms with E-state index in [1.807, 2.05) is 31.4 Å². The minimum Gasteiger partial charge on any atom is -0.373 e. The maximum Gasteiger partial charge on any atom is 0.268 e. The number of nitrogens with zero attached hydrogens (tertiary/aromatic N) is 3. The molecule has 7 nitrogen and oxygen atoms in total. The number of carbonyl (C=O) groups is 1. The van der Waals surface area contributed by atoms with Gasteiger partial charge in [0.25, 0.3) is 5.89 Å². The average molecular weight is 378 g/mol. The lowest BCUT2D eigenvalue weighted by Gasteiger charge is -2.40. The van der Waals surface area contributed by atoms with Crippen molar-refractivity contribution in [2.75, 3.05) is 13.1 Å². The summed E-state index contributed by atoms with van der Waals surface area (Å²) < 4.78 is 11.1. The summed E-state index contributed by atoms with van der Waals surface area (Å²) in [5.41, 5.74) is 0. The van der Waals surface area contributed by atoms with Gasteiger partial charge < -0.3 is 14.6 Å². The Balaban J connectivity index is 1.61. The number of morpholine rings is 1. The Morgan fingerprint density at radius 1 is 1.38 bits per heavy atom. The predicted molar refractivity (Wildman–Crippen MR) is 99.7 cm³/mol. The molecule has 2 aromatic rings. The average Bonchev–Trinajstić information content (AvgIpc) is 3.23. The normalized spacial score (nSPS) is 22.5. The molecular weight excluding hydrogens is 352 g/mol. The molecule has 26 heavy (non-hydrogen) atoms. The van der Waals surface area contributed by atoms with E-state index < -0.39 is 0 Å². The third kappa shape index (κ3) is 4.49. The third-order valence-electron chi connectivity index (χ3n) is 4.36. The van der Waals surface area contributed by atoms with Crippen LogP contribution >= 0.6 is 11.3 Å². The number of carbonyl (C=O) groups excluding carboxylic acids is 1. The smallest absolute Gasteiger partial charge is 0.268 e. The highest BCUT2D eigenvalue weighted by Gasteiger charge is 2.34. The molecule has 1 N–H and O–H groups in total. The Hall–Kier alpha value is -1.77. The first-order valence-electron chi connectivity index (χ1n) is 8.97. The van der Waals surface area contributed by atoms with E-state index in [4.69, 9.17) is 9.26 Å². The van der Waals surface area contributed by atoms with E-state index >= 15 is 0 Å². The maximum atomic E-state index is 12.8. The summed E-state index contributed by atoms with van der Waals surface area (Å²) in [6.45, 7) is 9.99. The van der Waals surface area contributed by atoms with Crippen LogP contribution in [0, 0.1) is 5.92 Å². The fourth-order valence-corrected chi connectivity index (χ4v) is 4.08. The Morgan fingerprint density at radius 3 is 2.73 bits per heavy atom. The summed E-state index contributed by atoms with van der Waals surface area (Å²) in [7, 11) is 0. The number of hydrogen-bond donors (Lipinski definition) is 1. The Morgan fingerprint density at radius 2 is 2.12 bits per heavy atom. The van der Waals surface area contributed by atoms with Gasteiger partial charge in [0.1, 0.15) is 0 Å². The highest BCUT2D eigenvalue weighted by Crippen LogP contribution is 2.22. The summed E-state index contributed by atoms with van der Waals surface area (Å²) >= 11 is 1.54. The van der Waals surface area contributed by atoms with Crippen LogP contribution in [0.2, 0.25) is 0 Å². The van der Waals surface area contributed by atoms with Gasteiger partial charge in [-0.05, 0) is 31.2 Å². The van der Waals surface area contributed by atoms with Crippen LogP contribution < -0.4 is 5.32 Å². The van der Waals surface area contributed by atoms with Crippen molar-refractivity contribution in [3.8, 4) is 10.8 Å². The zero-order valence-electron chi connectivity index (χ0n) is 15.6. The van der Waals surface area contributed by atoms with Crippen molar-refractivity contribution >= 4 is 17.2 Å². The molecule has 1 fully saturated rings. The van der Waals surface area contributed by atoms with Gasteiger partial charge in [0.2, 0.25) is 5.91 Å². The Labute approximate surface area is 157 Å². The zero-order valence-corrected chi connectivity index (χ0v) is 16.5. The minimum atomic E-state index is -0.201. The molecule has 2 aromatic heterocycles. The molecule has 3 atom stereocenters. The van der Waals surface area contributed by atoms with Crippen LogP contribution in [0.4, 0.5) is 0 Å². The molecule has 3 heterocycles. The lowest BCUT2D eigenvalue weighted by atomic mass is 9.99. The van der Waals surface area contributed by atoms with E-state index in [1.54, 1.807) is 0 Å². The van der Waals surface area contributed by atoms with Crippen molar-refractivity contribution in [1.82, 2.24) is 20.4 Å². The molecule has 142 valence electrons. The largest absolute Gasteiger partial charge is 0.373 e. The molecule has 3 rings (SSSR count). The molecule has 0 spiro atoms. The highest BCUT2D eigenvalue weighted by molar-refractivity contribution is 7.13. The van der Waals surface area contributed by atoms with Crippen LogP contribution in [-0.4, -0.2) is 52.3 Å². The van der Waals surface area contributed by atoms with E-state index in [9.17, 15) is 4.79 Å². The highest BCUT2D eigenvalue weighted by atomic mass is 32.1. The van der Waals surface area contributed by atoms with Crippen LogP contribution in [-0.2, 0) is 16.1 Å². The second kappa shape index (κ2) is 8.28. The SMILES string of the molecule is CC(C)[C@H](C(=O)NCc1noc(-c2cccs2)n1)N1C[C@@H](C)O[C@@H](C)C1. The minimum absolute atomic E-state index is 0.0104. The lowest BCUT2D eigenvalue weighted by Crippen LogP contribution is -2.56. The van der Waals surface area contributed by atoms with E-state index in [0.29, 0.717) is 11.7 Å². The molecule has 1 amide bonds. The third-order valence-corrected chi connectivity index (χ3v) is 5.22. The first-order chi connectivity index (χ1) is 12.4. The van der Waals surface area contributed by atoms with E-state index in [0.717, 1.165) is 18.0 Å². The van der Waals surface area contributed by atoms with Gasteiger partial charge in [0.05, 0.1) is 29.7 Å². The van der Waals surface area contributed by atoms with Crippen LogP contribution in [0.25, 0.3) is 10.8 Å². The number of nitrogens with one attached hydrogen (secondary N) is 1. The van der Waals surface area contributed by atoms with Crippen LogP contribution in [0.1, 0.15) is 33.5 Å². The first-order valence-corrected chi connectivity index (χ1v) is 9.85. The first kappa shape index (κ1) is 19.0. The number of aromatic nitrogens is 2. The van der Waals surface area contributed by atoms with Gasteiger partial charge in [-0.2, -0.15) is 4.98 Å². The molecule has 1 aliphatic rings. The fraction of sp³-hybridized carbons (Fsp3) is 0.611. The molecule has 8 heteroatoms. The van der Waals surface area contributed by atoms with Crippen molar-refractivity contribution in [3.63, 3.8) is 0 Å². The molecule has 1 saturated heterocycles. The van der Waals surface area contributed by atoms with Crippen LogP contribution in [0.3, 0.4) is 0 Å².